The third-order valence-electron chi connectivity index (χ3n) is 4.28. The molecule has 0 aliphatic carbocycles. The summed E-state index contributed by atoms with van der Waals surface area (Å²) < 4.78 is 6.16. The Morgan fingerprint density at radius 3 is 2.48 bits per heavy atom. The molecule has 0 spiro atoms. The monoisotopic (exact) mass is 281 g/mol. The largest absolute Gasteiger partial charge is 0.485 e. The van der Waals surface area contributed by atoms with Gasteiger partial charge in [0.05, 0.1) is 0 Å². The van der Waals surface area contributed by atoms with Gasteiger partial charge in [0.2, 0.25) is 0 Å². The lowest BCUT2D eigenvalue weighted by molar-refractivity contribution is 0.161. The summed E-state index contributed by atoms with van der Waals surface area (Å²) in [6.07, 6.45) is 0.883. The Labute approximate surface area is 126 Å². The van der Waals surface area contributed by atoms with E-state index < -0.39 is 0 Å². The van der Waals surface area contributed by atoms with E-state index in [9.17, 15) is 0 Å². The third-order valence-corrected chi connectivity index (χ3v) is 4.28. The molecule has 0 saturated heterocycles. The van der Waals surface area contributed by atoms with Gasteiger partial charge in [-0.3, -0.25) is 0 Å². The highest BCUT2D eigenvalue weighted by Gasteiger charge is 2.27. The molecular weight excluding hydrogens is 258 g/mol. The van der Waals surface area contributed by atoms with Gasteiger partial charge in [-0.05, 0) is 30.0 Å². The predicted molar refractivity (Wildman–Crippen MR) is 86.6 cm³/mol. The van der Waals surface area contributed by atoms with Crippen LogP contribution in [0, 0.1) is 6.92 Å². The van der Waals surface area contributed by atoms with Crippen LogP contribution in [-0.4, -0.2) is 0 Å². The van der Waals surface area contributed by atoms with Crippen LogP contribution in [0.3, 0.4) is 0 Å². The number of fused-ring (bicyclic) bond motifs is 1. The molecule has 3 rings (SSSR count). The number of hydrogen-bond donors (Lipinski definition) is 1. The minimum atomic E-state index is 0.0448. The van der Waals surface area contributed by atoms with Crippen molar-refractivity contribution in [1.82, 2.24) is 0 Å². The van der Waals surface area contributed by atoms with Gasteiger partial charge in [0, 0.05) is 18.0 Å². The molecule has 1 heterocycles. The second-order valence-corrected chi connectivity index (χ2v) is 6.31. The van der Waals surface area contributed by atoms with Crippen molar-refractivity contribution in [2.75, 3.05) is 0 Å². The number of hydrogen-bond acceptors (Lipinski definition) is 2. The maximum absolute atomic E-state index is 6.34. The second-order valence-electron chi connectivity index (χ2n) is 6.31. The third kappa shape index (κ3) is 2.81. The smallest absolute Gasteiger partial charge is 0.126 e. The minimum absolute atomic E-state index is 0.0448. The molecule has 1 unspecified atom stereocenters. The standard InChI is InChI=1S/C19H23NO/c1-12(2)14-5-7-15(8-6-14)19-11-17(20)16-10-13(3)4-9-18(16)21-19/h4-10,12,17,19H,11,20H2,1-3H3/t17-,19?/m0/s1. The van der Waals surface area contributed by atoms with Crippen molar-refractivity contribution in [3.63, 3.8) is 0 Å². The molecule has 0 saturated carbocycles. The van der Waals surface area contributed by atoms with Crippen molar-refractivity contribution in [3.8, 4) is 5.75 Å². The van der Waals surface area contributed by atoms with Gasteiger partial charge in [-0.1, -0.05) is 55.8 Å². The van der Waals surface area contributed by atoms with E-state index in [0.29, 0.717) is 5.92 Å². The Hall–Kier alpha value is -1.80. The van der Waals surface area contributed by atoms with Gasteiger partial charge in [0.15, 0.2) is 0 Å². The maximum atomic E-state index is 6.34. The van der Waals surface area contributed by atoms with Crippen LogP contribution in [0.1, 0.15) is 60.6 Å². The van der Waals surface area contributed by atoms with Crippen LogP contribution in [0.5, 0.6) is 5.75 Å². The van der Waals surface area contributed by atoms with Gasteiger partial charge in [0.1, 0.15) is 11.9 Å². The van der Waals surface area contributed by atoms with E-state index in [1.807, 2.05) is 6.07 Å². The fourth-order valence-corrected chi connectivity index (χ4v) is 2.92. The van der Waals surface area contributed by atoms with Gasteiger partial charge in [-0.25, -0.2) is 0 Å². The van der Waals surface area contributed by atoms with E-state index in [2.05, 4.69) is 57.2 Å². The summed E-state index contributed by atoms with van der Waals surface area (Å²) in [6, 6.07) is 15.0. The van der Waals surface area contributed by atoms with E-state index in [4.69, 9.17) is 10.5 Å². The van der Waals surface area contributed by atoms with Gasteiger partial charge >= 0.3 is 0 Å². The molecule has 2 nitrogen and oxygen atoms in total. The topological polar surface area (TPSA) is 35.2 Å². The van der Waals surface area contributed by atoms with Gasteiger partial charge in [0.25, 0.3) is 0 Å². The fraction of sp³-hybridized carbons (Fsp3) is 0.368. The Morgan fingerprint density at radius 2 is 1.81 bits per heavy atom. The first kappa shape index (κ1) is 14.2. The average Bonchev–Trinajstić information content (AvgIpc) is 2.48. The first-order chi connectivity index (χ1) is 10.0. The first-order valence-corrected chi connectivity index (χ1v) is 7.67. The molecule has 2 heteroatoms. The second kappa shape index (κ2) is 5.53. The van der Waals surface area contributed by atoms with Crippen molar-refractivity contribution < 1.29 is 4.74 Å². The highest BCUT2D eigenvalue weighted by Crippen LogP contribution is 2.40. The summed E-state index contributed by atoms with van der Waals surface area (Å²) in [5.74, 6) is 1.48. The first-order valence-electron chi connectivity index (χ1n) is 7.67. The van der Waals surface area contributed by atoms with Crippen molar-refractivity contribution in [1.29, 1.82) is 0 Å². The highest BCUT2D eigenvalue weighted by atomic mass is 16.5. The molecular formula is C19H23NO. The lowest BCUT2D eigenvalue weighted by Gasteiger charge is -2.31. The van der Waals surface area contributed by atoms with Gasteiger partial charge in [-0.15, -0.1) is 0 Å². The SMILES string of the molecule is Cc1ccc2c(c1)[C@@H](N)CC(c1ccc(C(C)C)cc1)O2. The summed E-state index contributed by atoms with van der Waals surface area (Å²) in [7, 11) is 0. The van der Waals surface area contributed by atoms with Crippen molar-refractivity contribution >= 4 is 0 Å². The molecule has 0 aromatic heterocycles. The maximum Gasteiger partial charge on any atom is 0.126 e. The molecule has 0 radical (unpaired) electrons. The lowest BCUT2D eigenvalue weighted by Crippen LogP contribution is -2.24. The number of ether oxygens (including phenoxy) is 1. The zero-order chi connectivity index (χ0) is 15.0. The van der Waals surface area contributed by atoms with E-state index in [-0.39, 0.29) is 12.1 Å². The van der Waals surface area contributed by atoms with Crippen LogP contribution < -0.4 is 10.5 Å². The molecule has 2 aromatic rings. The Bertz CT molecular complexity index is 631. The predicted octanol–water partition coefficient (Wildman–Crippen LogP) is 4.64. The molecule has 0 amide bonds. The van der Waals surface area contributed by atoms with Crippen LogP contribution in [0.15, 0.2) is 42.5 Å². The van der Waals surface area contributed by atoms with E-state index in [1.165, 1.54) is 16.7 Å². The number of benzene rings is 2. The lowest BCUT2D eigenvalue weighted by atomic mass is 9.91. The molecule has 2 N–H and O–H groups in total. The van der Waals surface area contributed by atoms with Crippen molar-refractivity contribution in [2.45, 2.75) is 45.3 Å². The number of rotatable bonds is 2. The summed E-state index contributed by atoms with van der Waals surface area (Å²) >= 11 is 0. The normalized spacial score (nSPS) is 21.0. The summed E-state index contributed by atoms with van der Waals surface area (Å²) in [6.45, 7) is 6.50. The van der Waals surface area contributed by atoms with E-state index >= 15 is 0 Å². The molecule has 1 aliphatic heterocycles. The van der Waals surface area contributed by atoms with Gasteiger partial charge < -0.3 is 10.5 Å². The Morgan fingerprint density at radius 1 is 1.10 bits per heavy atom. The Balaban J connectivity index is 1.86. The minimum Gasteiger partial charge on any atom is -0.485 e. The number of nitrogens with two attached hydrogens (primary N) is 1. The van der Waals surface area contributed by atoms with Crippen molar-refractivity contribution in [3.05, 3.63) is 64.7 Å². The van der Waals surface area contributed by atoms with Crippen LogP contribution in [-0.2, 0) is 0 Å². The molecule has 21 heavy (non-hydrogen) atoms. The highest BCUT2D eigenvalue weighted by molar-refractivity contribution is 5.42. The van der Waals surface area contributed by atoms with Crippen LogP contribution in [0.4, 0.5) is 0 Å². The van der Waals surface area contributed by atoms with Crippen LogP contribution >= 0.6 is 0 Å². The van der Waals surface area contributed by atoms with Crippen LogP contribution in [0.2, 0.25) is 0 Å². The molecule has 110 valence electrons. The summed E-state index contributed by atoms with van der Waals surface area (Å²) in [4.78, 5) is 0. The summed E-state index contributed by atoms with van der Waals surface area (Å²) in [5, 5.41) is 0. The van der Waals surface area contributed by atoms with Crippen molar-refractivity contribution in [2.24, 2.45) is 5.73 Å². The van der Waals surface area contributed by atoms with Crippen LogP contribution in [0.25, 0.3) is 0 Å². The number of aryl methyl sites for hydroxylation is 1. The average molecular weight is 281 g/mol. The zero-order valence-electron chi connectivity index (χ0n) is 13.0. The molecule has 2 aromatic carbocycles. The van der Waals surface area contributed by atoms with Gasteiger partial charge in [-0.2, -0.15) is 0 Å². The molecule has 0 fully saturated rings. The van der Waals surface area contributed by atoms with E-state index in [1.54, 1.807) is 0 Å². The molecule has 1 aliphatic rings. The Kier molecular flexibility index (Phi) is 3.73. The molecule has 0 bridgehead atoms. The van der Waals surface area contributed by atoms with E-state index in [0.717, 1.165) is 17.7 Å². The molecule has 2 atom stereocenters. The quantitative estimate of drug-likeness (QED) is 0.870. The summed E-state index contributed by atoms with van der Waals surface area (Å²) in [5.41, 5.74) is 11.3. The zero-order valence-corrected chi connectivity index (χ0v) is 13.0. The fourth-order valence-electron chi connectivity index (χ4n) is 2.92.